The lowest BCUT2D eigenvalue weighted by Gasteiger charge is -2.23. The van der Waals surface area contributed by atoms with Crippen molar-refractivity contribution in [2.75, 3.05) is 6.61 Å². The van der Waals surface area contributed by atoms with Crippen LogP contribution in [0.4, 0.5) is 0 Å². The number of nitrogens with one attached hydrogen (secondary N) is 1. The molecule has 0 aliphatic rings. The molecular weight excluding hydrogens is 883 g/mol. The highest BCUT2D eigenvalue weighted by Gasteiger charge is 2.21. The molecule has 5 nitrogen and oxygen atoms in total. The minimum atomic E-state index is -0.749. The summed E-state index contributed by atoms with van der Waals surface area (Å²) in [5, 5.41) is 33.7. The van der Waals surface area contributed by atoms with Crippen LogP contribution in [0.25, 0.3) is 0 Å². The van der Waals surface area contributed by atoms with E-state index in [1.165, 1.54) is 308 Å². The van der Waals surface area contributed by atoms with Crippen molar-refractivity contribution < 1.29 is 20.1 Å². The fourth-order valence-electron chi connectivity index (χ4n) is 10.7. The van der Waals surface area contributed by atoms with E-state index in [9.17, 15) is 20.1 Å². The smallest absolute Gasteiger partial charge is 0.222 e. The largest absolute Gasteiger partial charge is 0.394 e. The van der Waals surface area contributed by atoms with Gasteiger partial charge in [0.25, 0.3) is 0 Å². The maximum atomic E-state index is 12.6. The van der Waals surface area contributed by atoms with Crippen LogP contribution >= 0.6 is 0 Å². The summed E-state index contributed by atoms with van der Waals surface area (Å²) in [6.07, 6.45) is 81.0. The first kappa shape index (κ1) is 70.8. The monoisotopic (exact) mass is 1010 g/mol. The van der Waals surface area contributed by atoms with Gasteiger partial charge >= 0.3 is 0 Å². The third-order valence-corrected chi connectivity index (χ3v) is 15.8. The van der Waals surface area contributed by atoms with Gasteiger partial charge in [0.15, 0.2) is 0 Å². The van der Waals surface area contributed by atoms with E-state index in [4.69, 9.17) is 0 Å². The number of amides is 1. The predicted molar refractivity (Wildman–Crippen MR) is 319 cm³/mol. The molecule has 0 radical (unpaired) electrons. The van der Waals surface area contributed by atoms with Crippen molar-refractivity contribution >= 4 is 5.91 Å². The first-order chi connectivity index (χ1) is 35.5. The Morgan fingerprint density at radius 2 is 0.597 bits per heavy atom. The lowest BCUT2D eigenvalue weighted by Crippen LogP contribution is -2.46. The highest BCUT2D eigenvalue weighted by molar-refractivity contribution is 5.76. The van der Waals surface area contributed by atoms with Gasteiger partial charge in [-0.3, -0.25) is 4.79 Å². The molecule has 428 valence electrons. The minimum absolute atomic E-state index is 0.0397. The first-order valence-electron chi connectivity index (χ1n) is 33.1. The summed E-state index contributed by atoms with van der Waals surface area (Å²) in [6, 6.07) is -0.658. The van der Waals surface area contributed by atoms with Gasteiger partial charge in [0, 0.05) is 0 Å². The van der Waals surface area contributed by atoms with Crippen LogP contribution in [0.15, 0.2) is 24.3 Å². The normalized spacial score (nSPS) is 13.2. The third-order valence-electron chi connectivity index (χ3n) is 15.8. The van der Waals surface area contributed by atoms with Crippen molar-refractivity contribution in [3.63, 3.8) is 0 Å². The van der Waals surface area contributed by atoms with Crippen LogP contribution in [-0.4, -0.2) is 46.1 Å². The van der Waals surface area contributed by atoms with Gasteiger partial charge in [0.1, 0.15) is 0 Å². The zero-order valence-corrected chi connectivity index (χ0v) is 49.1. The number of unbranched alkanes of at least 4 members (excludes halogenated alkanes) is 49. The molecule has 3 atom stereocenters. The van der Waals surface area contributed by atoms with E-state index < -0.39 is 18.2 Å². The second-order valence-electron chi connectivity index (χ2n) is 23.1. The van der Waals surface area contributed by atoms with E-state index in [2.05, 4.69) is 43.5 Å². The van der Waals surface area contributed by atoms with Gasteiger partial charge in [-0.15, -0.1) is 0 Å². The summed E-state index contributed by atoms with van der Waals surface area (Å²) in [7, 11) is 0. The van der Waals surface area contributed by atoms with E-state index >= 15 is 0 Å². The maximum absolute atomic E-state index is 12.6. The molecule has 1 amide bonds. The van der Waals surface area contributed by atoms with Crippen molar-refractivity contribution in [2.45, 2.75) is 392 Å². The van der Waals surface area contributed by atoms with Crippen molar-refractivity contribution in [3.05, 3.63) is 24.3 Å². The topological polar surface area (TPSA) is 89.8 Å². The molecule has 0 aromatic heterocycles. The van der Waals surface area contributed by atoms with Gasteiger partial charge in [-0.05, 0) is 44.9 Å². The lowest BCUT2D eigenvalue weighted by atomic mass is 10.0. The fourth-order valence-corrected chi connectivity index (χ4v) is 10.7. The summed E-state index contributed by atoms with van der Waals surface area (Å²) in [5.74, 6) is -0.276. The van der Waals surface area contributed by atoms with Gasteiger partial charge in [0.05, 0.1) is 31.3 Å². The number of hydrogen-bond donors (Lipinski definition) is 4. The van der Waals surface area contributed by atoms with Crippen LogP contribution in [-0.2, 0) is 4.79 Å². The van der Waals surface area contributed by atoms with Crippen LogP contribution in [0, 0.1) is 0 Å². The van der Waals surface area contributed by atoms with E-state index in [-0.39, 0.29) is 18.9 Å². The quantitative estimate of drug-likeness (QED) is 0.0361. The number of carbonyl (C=O) groups excluding carboxylic acids is 1. The Kier molecular flexibility index (Phi) is 61.4. The molecule has 0 aromatic carbocycles. The molecule has 0 spiro atoms. The summed E-state index contributed by atoms with van der Waals surface area (Å²) in [4.78, 5) is 12.6. The van der Waals surface area contributed by atoms with Gasteiger partial charge in [-0.1, -0.05) is 346 Å². The standard InChI is InChI=1S/C67H131NO4/c1-3-5-7-9-11-13-15-17-19-21-23-25-26-27-28-29-30-31-32-33-34-35-36-37-38-39-40-41-42-44-46-48-50-52-54-56-58-60-64(70)62-67(72)68-65(63-69)66(71)61-59-57-55-53-51-49-47-45-43-24-22-20-18-16-14-12-10-8-6-4-2/h30-31,33-34,64-66,69-71H,3-29,32,35-63H2,1-2H3,(H,68,72)/b31-30-,34-33-. The number of allylic oxidation sites excluding steroid dienone is 4. The maximum Gasteiger partial charge on any atom is 0.222 e. The average molecular weight is 1010 g/mol. The SMILES string of the molecule is CCCCCCCCCCCCCCCCC/C=C\C/C=C\CCCCCCCCCCCCCCCCCC(O)CC(=O)NC(CO)C(O)CCCCCCCCCCCCCCCCCCCCCC. The molecule has 0 saturated heterocycles. The molecule has 0 rings (SSSR count). The van der Waals surface area contributed by atoms with E-state index in [0.29, 0.717) is 12.8 Å². The Morgan fingerprint density at radius 1 is 0.347 bits per heavy atom. The summed E-state index contributed by atoms with van der Waals surface area (Å²) in [5.41, 5.74) is 0. The van der Waals surface area contributed by atoms with Crippen LogP contribution in [0.2, 0.25) is 0 Å². The highest BCUT2D eigenvalue weighted by Crippen LogP contribution is 2.19. The van der Waals surface area contributed by atoms with Crippen LogP contribution in [0.3, 0.4) is 0 Å². The zero-order valence-electron chi connectivity index (χ0n) is 49.1. The number of aliphatic hydroxyl groups excluding tert-OH is 3. The van der Waals surface area contributed by atoms with Crippen LogP contribution in [0.1, 0.15) is 373 Å². The van der Waals surface area contributed by atoms with Crippen molar-refractivity contribution in [1.29, 1.82) is 0 Å². The van der Waals surface area contributed by atoms with E-state index in [1.54, 1.807) is 0 Å². The second kappa shape index (κ2) is 62.4. The minimum Gasteiger partial charge on any atom is -0.394 e. The molecule has 0 aromatic rings. The molecule has 0 saturated carbocycles. The number of rotatable bonds is 62. The molecule has 5 heteroatoms. The van der Waals surface area contributed by atoms with Gasteiger partial charge < -0.3 is 20.6 Å². The molecule has 72 heavy (non-hydrogen) atoms. The van der Waals surface area contributed by atoms with Crippen LogP contribution < -0.4 is 5.32 Å². The molecule has 0 aliphatic carbocycles. The number of carbonyl (C=O) groups is 1. The fraction of sp³-hybridized carbons (Fsp3) is 0.925. The summed E-state index contributed by atoms with van der Waals surface area (Å²) >= 11 is 0. The molecule has 0 aliphatic heterocycles. The highest BCUT2D eigenvalue weighted by atomic mass is 16.3. The Bertz CT molecular complexity index is 1080. The molecule has 4 N–H and O–H groups in total. The Balaban J connectivity index is 3.46. The summed E-state index contributed by atoms with van der Waals surface area (Å²) < 4.78 is 0. The molecule has 3 unspecified atom stereocenters. The van der Waals surface area contributed by atoms with E-state index in [0.717, 1.165) is 32.1 Å². The predicted octanol–water partition coefficient (Wildman–Crippen LogP) is 21.2. The molecule has 0 heterocycles. The number of hydrogen-bond acceptors (Lipinski definition) is 4. The van der Waals surface area contributed by atoms with Crippen molar-refractivity contribution in [1.82, 2.24) is 5.32 Å². The van der Waals surface area contributed by atoms with Crippen LogP contribution in [0.5, 0.6) is 0 Å². The van der Waals surface area contributed by atoms with Crippen molar-refractivity contribution in [2.24, 2.45) is 0 Å². The van der Waals surface area contributed by atoms with Gasteiger partial charge in [-0.25, -0.2) is 0 Å². The van der Waals surface area contributed by atoms with Gasteiger partial charge in [0.2, 0.25) is 5.91 Å². The molecule has 0 bridgehead atoms. The first-order valence-corrected chi connectivity index (χ1v) is 33.1. The average Bonchev–Trinajstić information content (AvgIpc) is 3.38. The third kappa shape index (κ3) is 58.1. The summed E-state index contributed by atoms with van der Waals surface area (Å²) in [6.45, 7) is 4.31. The van der Waals surface area contributed by atoms with E-state index in [1.807, 2.05) is 0 Å². The van der Waals surface area contributed by atoms with Crippen molar-refractivity contribution in [3.8, 4) is 0 Å². The second-order valence-corrected chi connectivity index (χ2v) is 23.1. The molecular formula is C67H131NO4. The molecule has 0 fully saturated rings. The Labute approximate surface area is 452 Å². The zero-order chi connectivity index (χ0) is 52.2. The van der Waals surface area contributed by atoms with Gasteiger partial charge in [-0.2, -0.15) is 0 Å². The number of aliphatic hydroxyl groups is 3. The lowest BCUT2D eigenvalue weighted by molar-refractivity contribution is -0.125. The Morgan fingerprint density at radius 3 is 0.875 bits per heavy atom. The Hall–Kier alpha value is -1.17.